The number of hydrogen-bond donors (Lipinski definition) is 1. The molecule has 22 heavy (non-hydrogen) atoms. The third-order valence-electron chi connectivity index (χ3n) is 3.35. The minimum Gasteiger partial charge on any atom is -0.550 e. The molecule has 0 amide bonds. The Hall–Kier alpha value is -1.10. The molecule has 0 bridgehead atoms. The Morgan fingerprint density at radius 1 is 0.682 bits per heavy atom. The Morgan fingerprint density at radius 3 is 1.23 bits per heavy atom. The van der Waals surface area contributed by atoms with Gasteiger partial charge in [-0.3, -0.25) is 0 Å². The zero-order chi connectivity index (χ0) is 17.1. The summed E-state index contributed by atoms with van der Waals surface area (Å²) in [5, 5.41) is 18.6. The number of carboxylic acids is 2. The second-order valence-corrected chi connectivity index (χ2v) is 5.60. The van der Waals surface area contributed by atoms with Gasteiger partial charge in [-0.15, -0.1) is 0 Å². The van der Waals surface area contributed by atoms with E-state index in [1.54, 1.807) is 0 Å². The summed E-state index contributed by atoms with van der Waals surface area (Å²) in [6, 6.07) is 0. The van der Waals surface area contributed by atoms with Crippen LogP contribution in [-0.4, -0.2) is 18.5 Å². The summed E-state index contributed by atoms with van der Waals surface area (Å²) in [5.74, 6) is -3.25. The molecule has 0 unspecified atom stereocenters. The van der Waals surface area contributed by atoms with E-state index in [-0.39, 0.29) is 0 Å². The van der Waals surface area contributed by atoms with Gasteiger partial charge in [0.25, 0.3) is 0 Å². The maximum absolute atomic E-state index is 9.28. The number of rotatable bonds is 14. The van der Waals surface area contributed by atoms with Gasteiger partial charge in [0, 0.05) is 18.4 Å². The van der Waals surface area contributed by atoms with Crippen molar-refractivity contribution in [1.29, 1.82) is 0 Å². The molecule has 0 aliphatic heterocycles. The molecule has 5 nitrogen and oxygen atoms in total. The zero-order valence-corrected chi connectivity index (χ0v) is 14.1. The van der Waals surface area contributed by atoms with Gasteiger partial charge in [-0.25, -0.2) is 0 Å². The Bertz CT molecular complexity index is 233. The van der Waals surface area contributed by atoms with Gasteiger partial charge in [0.1, 0.15) is 0 Å². The molecule has 0 aromatic rings. The van der Waals surface area contributed by atoms with Crippen molar-refractivity contribution < 1.29 is 19.8 Å². The van der Waals surface area contributed by atoms with E-state index in [9.17, 15) is 19.8 Å². The SMILES string of the molecule is CCCCCCCCCCCCCCN.O=C([O-])CC(=O)[O-]. The Labute approximate surface area is 135 Å². The number of aliphatic carboxylic acids is 2. The van der Waals surface area contributed by atoms with Crippen molar-refractivity contribution in [3.63, 3.8) is 0 Å². The highest BCUT2D eigenvalue weighted by Gasteiger charge is 1.92. The van der Waals surface area contributed by atoms with Crippen molar-refractivity contribution in [2.24, 2.45) is 5.73 Å². The van der Waals surface area contributed by atoms with E-state index in [4.69, 9.17) is 5.73 Å². The van der Waals surface area contributed by atoms with Gasteiger partial charge >= 0.3 is 0 Å². The van der Waals surface area contributed by atoms with E-state index < -0.39 is 18.4 Å². The lowest BCUT2D eigenvalue weighted by molar-refractivity contribution is -0.322. The summed E-state index contributed by atoms with van der Waals surface area (Å²) in [6.07, 6.45) is 15.9. The molecule has 0 aromatic carbocycles. The summed E-state index contributed by atoms with van der Waals surface area (Å²) < 4.78 is 0. The minimum absolute atomic E-state index is 0.872. The van der Waals surface area contributed by atoms with E-state index in [1.807, 2.05) is 0 Å². The lowest BCUT2D eigenvalue weighted by Gasteiger charge is -2.01. The fourth-order valence-electron chi connectivity index (χ4n) is 2.10. The lowest BCUT2D eigenvalue weighted by Crippen LogP contribution is -2.32. The molecule has 5 heteroatoms. The quantitative estimate of drug-likeness (QED) is 0.386. The maximum atomic E-state index is 9.28. The standard InChI is InChI=1S/C14H31N.C3H4O4/c1-2-3-4-5-6-7-8-9-10-11-12-13-14-15;4-2(5)1-3(6)7/h2-15H2,1H3;1H2,(H,4,5)(H,6,7)/p-2. The summed E-state index contributed by atoms with van der Waals surface area (Å²) in [7, 11) is 0. The molecular weight excluding hydrogens is 282 g/mol. The molecule has 0 atom stereocenters. The number of nitrogens with two attached hydrogens (primary N) is 1. The highest BCUT2D eigenvalue weighted by Crippen LogP contribution is 2.11. The normalized spacial score (nSPS) is 9.91. The first-order valence-electron chi connectivity index (χ1n) is 8.64. The molecule has 0 spiro atoms. The van der Waals surface area contributed by atoms with Crippen LogP contribution in [0.4, 0.5) is 0 Å². The van der Waals surface area contributed by atoms with Crippen molar-refractivity contribution in [3.8, 4) is 0 Å². The largest absolute Gasteiger partial charge is 0.550 e. The van der Waals surface area contributed by atoms with Crippen LogP contribution in [-0.2, 0) is 9.59 Å². The third-order valence-corrected chi connectivity index (χ3v) is 3.35. The molecule has 0 saturated heterocycles. The highest BCUT2D eigenvalue weighted by molar-refractivity contribution is 5.86. The molecule has 0 aliphatic rings. The number of carboxylic acid groups (broad SMARTS) is 2. The first kappa shape index (κ1) is 23.2. The Kier molecular flexibility index (Phi) is 21.0. The van der Waals surface area contributed by atoms with E-state index in [0.717, 1.165) is 6.54 Å². The van der Waals surface area contributed by atoms with Gasteiger partial charge in [-0.2, -0.15) is 0 Å². The van der Waals surface area contributed by atoms with E-state index in [0.29, 0.717) is 0 Å². The van der Waals surface area contributed by atoms with Gasteiger partial charge in [-0.05, 0) is 13.0 Å². The second-order valence-electron chi connectivity index (χ2n) is 5.60. The van der Waals surface area contributed by atoms with E-state index >= 15 is 0 Å². The predicted molar refractivity (Wildman–Crippen MR) is 84.8 cm³/mol. The van der Waals surface area contributed by atoms with Crippen molar-refractivity contribution in [3.05, 3.63) is 0 Å². The average molecular weight is 315 g/mol. The smallest absolute Gasteiger partial charge is 0.0470 e. The van der Waals surface area contributed by atoms with E-state index in [2.05, 4.69) is 6.92 Å². The first-order valence-corrected chi connectivity index (χ1v) is 8.64. The van der Waals surface area contributed by atoms with Gasteiger partial charge in [0.05, 0.1) is 0 Å². The Morgan fingerprint density at radius 2 is 1.00 bits per heavy atom. The fourth-order valence-corrected chi connectivity index (χ4v) is 2.10. The Balaban J connectivity index is 0. The van der Waals surface area contributed by atoms with Crippen LogP contribution in [0, 0.1) is 0 Å². The van der Waals surface area contributed by atoms with Gasteiger partial charge in [0.2, 0.25) is 0 Å². The maximum Gasteiger partial charge on any atom is 0.0470 e. The van der Waals surface area contributed by atoms with Crippen LogP contribution >= 0.6 is 0 Å². The van der Waals surface area contributed by atoms with Crippen molar-refractivity contribution in [1.82, 2.24) is 0 Å². The number of carbonyl (C=O) groups excluding carboxylic acids is 2. The summed E-state index contributed by atoms with van der Waals surface area (Å²) in [4.78, 5) is 18.6. The van der Waals surface area contributed by atoms with Crippen molar-refractivity contribution in [2.45, 2.75) is 90.4 Å². The summed E-state index contributed by atoms with van der Waals surface area (Å²) >= 11 is 0. The van der Waals surface area contributed by atoms with Gasteiger partial charge in [0.15, 0.2) is 0 Å². The molecule has 2 N–H and O–H groups in total. The number of carbonyl (C=O) groups is 2. The molecule has 0 radical (unpaired) electrons. The van der Waals surface area contributed by atoms with Crippen LogP contribution in [0.15, 0.2) is 0 Å². The van der Waals surface area contributed by atoms with Crippen LogP contribution in [0.3, 0.4) is 0 Å². The first-order chi connectivity index (χ1) is 10.5. The van der Waals surface area contributed by atoms with E-state index in [1.165, 1.54) is 77.0 Å². The average Bonchev–Trinajstić information content (AvgIpc) is 2.44. The summed E-state index contributed by atoms with van der Waals surface area (Å²) in [6.45, 7) is 3.15. The molecule has 0 rings (SSSR count). The zero-order valence-electron chi connectivity index (χ0n) is 14.1. The van der Waals surface area contributed by atoms with Crippen molar-refractivity contribution in [2.75, 3.05) is 6.54 Å². The second kappa shape index (κ2) is 19.9. The molecule has 0 fully saturated rings. The van der Waals surface area contributed by atoms with Gasteiger partial charge in [-0.1, -0.05) is 77.6 Å². The molecule has 132 valence electrons. The van der Waals surface area contributed by atoms with Crippen LogP contribution < -0.4 is 15.9 Å². The third kappa shape index (κ3) is 27.3. The minimum atomic E-state index is -1.63. The molecule has 0 saturated carbocycles. The highest BCUT2D eigenvalue weighted by atomic mass is 16.4. The van der Waals surface area contributed by atoms with Crippen molar-refractivity contribution >= 4 is 11.9 Å². The number of unbranched alkanes of at least 4 members (excludes halogenated alkanes) is 11. The molecule has 0 aliphatic carbocycles. The molecule has 0 heterocycles. The van der Waals surface area contributed by atoms with Crippen LogP contribution in [0.2, 0.25) is 0 Å². The van der Waals surface area contributed by atoms with Gasteiger partial charge < -0.3 is 25.5 Å². The fraction of sp³-hybridized carbons (Fsp3) is 0.882. The predicted octanol–water partition coefficient (Wildman–Crippen LogP) is 1.52. The lowest BCUT2D eigenvalue weighted by atomic mass is 10.1. The molecule has 0 aromatic heterocycles. The monoisotopic (exact) mass is 315 g/mol. The van der Waals surface area contributed by atoms with Crippen LogP contribution in [0.25, 0.3) is 0 Å². The number of hydrogen-bond acceptors (Lipinski definition) is 5. The van der Waals surface area contributed by atoms with Crippen LogP contribution in [0.1, 0.15) is 90.4 Å². The van der Waals surface area contributed by atoms with Crippen LogP contribution in [0.5, 0.6) is 0 Å². The topological polar surface area (TPSA) is 106 Å². The summed E-state index contributed by atoms with van der Waals surface area (Å²) in [5.41, 5.74) is 5.45. The molecular formula is C17H33NO4-2.